The SMILES string of the molecule is Cc1ccc(CNC(=O)CNC(=O)c2ccc3c(c2)OCO3)cc1. The summed E-state index contributed by atoms with van der Waals surface area (Å²) in [5, 5.41) is 5.36. The highest BCUT2D eigenvalue weighted by Crippen LogP contribution is 2.32. The molecule has 0 fully saturated rings. The zero-order chi connectivity index (χ0) is 16.9. The normalized spacial score (nSPS) is 11.9. The molecule has 2 aromatic rings. The Bertz CT molecular complexity index is 756. The van der Waals surface area contributed by atoms with E-state index in [1.165, 1.54) is 5.56 Å². The minimum absolute atomic E-state index is 0.0842. The summed E-state index contributed by atoms with van der Waals surface area (Å²) >= 11 is 0. The molecule has 0 atom stereocenters. The van der Waals surface area contributed by atoms with Gasteiger partial charge in [-0.3, -0.25) is 9.59 Å². The number of rotatable bonds is 5. The molecule has 1 aliphatic rings. The molecular formula is C18H18N2O4. The van der Waals surface area contributed by atoms with Crippen LogP contribution in [0.2, 0.25) is 0 Å². The fourth-order valence-electron chi connectivity index (χ4n) is 2.27. The standard InChI is InChI=1S/C18H18N2O4/c1-12-2-4-13(5-3-12)9-19-17(21)10-20-18(22)14-6-7-15-16(8-14)24-11-23-15/h2-8H,9-11H2,1H3,(H,19,21)(H,20,22). The molecule has 0 aromatic heterocycles. The Labute approximate surface area is 139 Å². The van der Waals surface area contributed by atoms with Gasteiger partial charge >= 0.3 is 0 Å². The second-order valence-corrected chi connectivity index (χ2v) is 5.51. The number of nitrogens with one attached hydrogen (secondary N) is 2. The quantitative estimate of drug-likeness (QED) is 0.878. The van der Waals surface area contributed by atoms with Gasteiger partial charge in [0.1, 0.15) is 0 Å². The molecule has 124 valence electrons. The largest absolute Gasteiger partial charge is 0.454 e. The van der Waals surface area contributed by atoms with Gasteiger partial charge in [0.2, 0.25) is 12.7 Å². The minimum atomic E-state index is -0.334. The van der Waals surface area contributed by atoms with Crippen molar-refractivity contribution >= 4 is 11.8 Å². The van der Waals surface area contributed by atoms with Gasteiger partial charge < -0.3 is 20.1 Å². The Hall–Kier alpha value is -3.02. The first-order chi connectivity index (χ1) is 11.6. The van der Waals surface area contributed by atoms with Gasteiger partial charge in [-0.25, -0.2) is 0 Å². The lowest BCUT2D eigenvalue weighted by Crippen LogP contribution is -2.36. The first-order valence-corrected chi connectivity index (χ1v) is 7.62. The van der Waals surface area contributed by atoms with Gasteiger partial charge in [0.05, 0.1) is 6.54 Å². The molecule has 24 heavy (non-hydrogen) atoms. The van der Waals surface area contributed by atoms with Crippen molar-refractivity contribution in [2.24, 2.45) is 0 Å². The van der Waals surface area contributed by atoms with Crippen LogP contribution in [0.4, 0.5) is 0 Å². The Morgan fingerprint density at radius 3 is 2.54 bits per heavy atom. The molecule has 0 radical (unpaired) electrons. The number of carbonyl (C=O) groups is 2. The first-order valence-electron chi connectivity index (χ1n) is 7.62. The summed E-state index contributed by atoms with van der Waals surface area (Å²) in [6.45, 7) is 2.51. The Balaban J connectivity index is 1.47. The molecule has 2 aromatic carbocycles. The maximum absolute atomic E-state index is 12.1. The molecule has 1 heterocycles. The van der Waals surface area contributed by atoms with E-state index in [4.69, 9.17) is 9.47 Å². The van der Waals surface area contributed by atoms with Crippen LogP contribution in [0.3, 0.4) is 0 Å². The average Bonchev–Trinajstić information content (AvgIpc) is 3.06. The van der Waals surface area contributed by atoms with Crippen molar-refractivity contribution < 1.29 is 19.1 Å². The first kappa shape index (κ1) is 15.9. The van der Waals surface area contributed by atoms with E-state index in [0.29, 0.717) is 23.6 Å². The number of carbonyl (C=O) groups excluding carboxylic acids is 2. The van der Waals surface area contributed by atoms with E-state index in [9.17, 15) is 9.59 Å². The number of hydrogen-bond acceptors (Lipinski definition) is 4. The summed E-state index contributed by atoms with van der Waals surface area (Å²) in [5.74, 6) is 0.567. The van der Waals surface area contributed by atoms with Gasteiger partial charge in [-0.2, -0.15) is 0 Å². The van der Waals surface area contributed by atoms with Crippen molar-refractivity contribution in [3.05, 3.63) is 59.2 Å². The smallest absolute Gasteiger partial charge is 0.251 e. The lowest BCUT2D eigenvalue weighted by atomic mass is 10.1. The maximum atomic E-state index is 12.1. The summed E-state index contributed by atoms with van der Waals surface area (Å²) < 4.78 is 10.4. The van der Waals surface area contributed by atoms with Crippen LogP contribution < -0.4 is 20.1 Å². The summed E-state index contributed by atoms with van der Waals surface area (Å²) in [6, 6.07) is 12.8. The molecule has 6 heteroatoms. The van der Waals surface area contributed by atoms with Crippen LogP contribution >= 0.6 is 0 Å². The third-order valence-corrected chi connectivity index (χ3v) is 3.65. The topological polar surface area (TPSA) is 76.7 Å². The van der Waals surface area contributed by atoms with Crippen molar-refractivity contribution in [1.82, 2.24) is 10.6 Å². The van der Waals surface area contributed by atoms with Gasteiger partial charge in [0.25, 0.3) is 5.91 Å². The van der Waals surface area contributed by atoms with Crippen molar-refractivity contribution in [3.63, 3.8) is 0 Å². The van der Waals surface area contributed by atoms with Gasteiger partial charge in [0.15, 0.2) is 11.5 Å². The van der Waals surface area contributed by atoms with E-state index in [0.717, 1.165) is 5.56 Å². The van der Waals surface area contributed by atoms with E-state index in [2.05, 4.69) is 10.6 Å². The molecule has 2 amide bonds. The summed E-state index contributed by atoms with van der Waals surface area (Å²) in [5.41, 5.74) is 2.60. The Morgan fingerprint density at radius 1 is 1.00 bits per heavy atom. The van der Waals surface area contributed by atoms with Crippen LogP contribution in [-0.2, 0) is 11.3 Å². The van der Waals surface area contributed by atoms with E-state index >= 15 is 0 Å². The van der Waals surface area contributed by atoms with E-state index < -0.39 is 0 Å². The molecule has 0 saturated carbocycles. The average molecular weight is 326 g/mol. The van der Waals surface area contributed by atoms with Gasteiger partial charge in [-0.15, -0.1) is 0 Å². The third-order valence-electron chi connectivity index (χ3n) is 3.65. The van der Waals surface area contributed by atoms with Crippen molar-refractivity contribution in [2.45, 2.75) is 13.5 Å². The molecule has 0 spiro atoms. The van der Waals surface area contributed by atoms with Gasteiger partial charge in [-0.05, 0) is 30.7 Å². The van der Waals surface area contributed by atoms with E-state index in [1.807, 2.05) is 31.2 Å². The number of fused-ring (bicyclic) bond motifs is 1. The molecule has 0 unspecified atom stereocenters. The van der Waals surface area contributed by atoms with Crippen molar-refractivity contribution in [3.8, 4) is 11.5 Å². The fourth-order valence-corrected chi connectivity index (χ4v) is 2.27. The molecule has 2 N–H and O–H groups in total. The summed E-state index contributed by atoms with van der Waals surface area (Å²) in [4.78, 5) is 23.9. The predicted octanol–water partition coefficient (Wildman–Crippen LogP) is 1.77. The number of amides is 2. The lowest BCUT2D eigenvalue weighted by molar-refractivity contribution is -0.120. The summed E-state index contributed by atoms with van der Waals surface area (Å²) in [6.07, 6.45) is 0. The third kappa shape index (κ3) is 3.84. The number of benzene rings is 2. The monoisotopic (exact) mass is 326 g/mol. The van der Waals surface area contributed by atoms with Crippen LogP contribution in [0.5, 0.6) is 11.5 Å². The van der Waals surface area contributed by atoms with E-state index in [1.54, 1.807) is 18.2 Å². The number of aryl methyl sites for hydroxylation is 1. The number of ether oxygens (including phenoxy) is 2. The number of hydrogen-bond donors (Lipinski definition) is 2. The molecule has 0 bridgehead atoms. The van der Waals surface area contributed by atoms with E-state index in [-0.39, 0.29) is 25.2 Å². The molecule has 6 nitrogen and oxygen atoms in total. The highest BCUT2D eigenvalue weighted by atomic mass is 16.7. The maximum Gasteiger partial charge on any atom is 0.251 e. The zero-order valence-electron chi connectivity index (χ0n) is 13.3. The highest BCUT2D eigenvalue weighted by Gasteiger charge is 2.16. The second-order valence-electron chi connectivity index (χ2n) is 5.51. The fraction of sp³-hybridized carbons (Fsp3) is 0.222. The van der Waals surface area contributed by atoms with Crippen LogP contribution in [0, 0.1) is 6.92 Å². The van der Waals surface area contributed by atoms with Crippen LogP contribution in [0.1, 0.15) is 21.5 Å². The van der Waals surface area contributed by atoms with Crippen LogP contribution in [-0.4, -0.2) is 25.2 Å². The highest BCUT2D eigenvalue weighted by molar-refractivity contribution is 5.97. The lowest BCUT2D eigenvalue weighted by Gasteiger charge is -2.08. The molecule has 1 aliphatic heterocycles. The minimum Gasteiger partial charge on any atom is -0.454 e. The van der Waals surface area contributed by atoms with Gasteiger partial charge in [-0.1, -0.05) is 29.8 Å². The molecule has 0 aliphatic carbocycles. The molecule has 0 saturated heterocycles. The molecule has 3 rings (SSSR count). The van der Waals surface area contributed by atoms with Crippen LogP contribution in [0.25, 0.3) is 0 Å². The Morgan fingerprint density at radius 2 is 1.75 bits per heavy atom. The molecular weight excluding hydrogens is 308 g/mol. The zero-order valence-corrected chi connectivity index (χ0v) is 13.3. The van der Waals surface area contributed by atoms with Crippen molar-refractivity contribution in [1.29, 1.82) is 0 Å². The summed E-state index contributed by atoms with van der Waals surface area (Å²) in [7, 11) is 0. The van der Waals surface area contributed by atoms with Crippen molar-refractivity contribution in [2.75, 3.05) is 13.3 Å². The second kappa shape index (κ2) is 7.04. The predicted molar refractivity (Wildman–Crippen MR) is 87.9 cm³/mol. The van der Waals surface area contributed by atoms with Crippen LogP contribution in [0.15, 0.2) is 42.5 Å². The Kier molecular flexibility index (Phi) is 4.65. The van der Waals surface area contributed by atoms with Gasteiger partial charge in [0, 0.05) is 12.1 Å².